The van der Waals surface area contributed by atoms with E-state index in [2.05, 4.69) is 30.6 Å². The van der Waals surface area contributed by atoms with Gasteiger partial charge in [-0.1, -0.05) is 23.7 Å². The van der Waals surface area contributed by atoms with Gasteiger partial charge in [-0.15, -0.1) is 0 Å². The van der Waals surface area contributed by atoms with E-state index in [1.54, 1.807) is 19.5 Å². The molecule has 12 heteroatoms. The molecule has 4 rings (SSSR count). The summed E-state index contributed by atoms with van der Waals surface area (Å²) >= 11 is 11.9. The quantitative estimate of drug-likeness (QED) is 0.202. The molecule has 3 N–H and O–H groups in total. The van der Waals surface area contributed by atoms with Crippen LogP contribution in [0.25, 0.3) is 10.9 Å². The molecule has 0 bridgehead atoms. The van der Waals surface area contributed by atoms with Gasteiger partial charge in [0.25, 0.3) is 5.56 Å². The SMILES string of the molecule is COc1ccc(CNc2nccnc2[C@@H](C)NCCOc2c(Cl)cc(F)c3nc(Cl)[nH]c(=O)c23)cc1. The second-order valence-corrected chi connectivity index (χ2v) is 8.53. The standard InChI is InChI=1S/C24H23Cl2FN6O3/c1-13(19-22(30-8-7-29-19)31-12-14-3-5-15(35-2)6-4-14)28-9-10-36-21-16(25)11-17(27)20-18(21)23(34)33-24(26)32-20/h3-8,11,13,28H,9-10,12H2,1-2H3,(H,30,31)(H,32,33,34)/t13-/m1/s1. The van der Waals surface area contributed by atoms with Gasteiger partial charge in [0, 0.05) is 25.5 Å². The van der Waals surface area contributed by atoms with Crippen LogP contribution in [0.4, 0.5) is 10.2 Å². The summed E-state index contributed by atoms with van der Waals surface area (Å²) in [6.45, 7) is 3.03. The number of benzene rings is 2. The lowest BCUT2D eigenvalue weighted by atomic mass is 10.2. The molecule has 0 fully saturated rings. The molecule has 1 atom stereocenters. The summed E-state index contributed by atoms with van der Waals surface area (Å²) in [7, 11) is 1.63. The molecule has 188 valence electrons. The molecule has 0 aliphatic heterocycles. The summed E-state index contributed by atoms with van der Waals surface area (Å²) in [6.07, 6.45) is 3.24. The van der Waals surface area contributed by atoms with Crippen molar-refractivity contribution in [3.63, 3.8) is 0 Å². The maximum Gasteiger partial charge on any atom is 0.263 e. The number of hydrogen-bond donors (Lipinski definition) is 3. The van der Waals surface area contributed by atoms with Crippen molar-refractivity contribution in [1.82, 2.24) is 25.3 Å². The molecule has 0 saturated heterocycles. The highest BCUT2D eigenvalue weighted by molar-refractivity contribution is 6.33. The first-order valence-corrected chi connectivity index (χ1v) is 11.7. The van der Waals surface area contributed by atoms with E-state index in [0.29, 0.717) is 18.9 Å². The molecule has 0 spiro atoms. The number of H-pyrrole nitrogens is 1. The number of hydrogen-bond acceptors (Lipinski definition) is 8. The fraction of sp³-hybridized carbons (Fsp3) is 0.250. The molecule has 0 aliphatic rings. The Morgan fingerprint density at radius 3 is 2.67 bits per heavy atom. The summed E-state index contributed by atoms with van der Waals surface area (Å²) in [5, 5.41) is 6.25. The minimum atomic E-state index is -0.764. The average molecular weight is 533 g/mol. The molecule has 0 radical (unpaired) electrons. The minimum Gasteiger partial charge on any atom is -0.497 e. The lowest BCUT2D eigenvalue weighted by Gasteiger charge is -2.18. The largest absolute Gasteiger partial charge is 0.497 e. The minimum absolute atomic E-state index is 0.0364. The predicted octanol–water partition coefficient (Wildman–Crippen LogP) is 4.51. The van der Waals surface area contributed by atoms with Crippen LogP contribution in [0, 0.1) is 5.82 Å². The summed E-state index contributed by atoms with van der Waals surface area (Å²) in [4.78, 5) is 27.4. The van der Waals surface area contributed by atoms with Crippen LogP contribution in [0.5, 0.6) is 11.5 Å². The van der Waals surface area contributed by atoms with Crippen molar-refractivity contribution in [2.75, 3.05) is 25.6 Å². The fourth-order valence-electron chi connectivity index (χ4n) is 3.59. The fourth-order valence-corrected chi connectivity index (χ4v) is 4.01. The number of fused-ring (bicyclic) bond motifs is 1. The normalized spacial score (nSPS) is 11.9. The van der Waals surface area contributed by atoms with Crippen molar-refractivity contribution >= 4 is 39.9 Å². The van der Waals surface area contributed by atoms with Crippen LogP contribution in [0.3, 0.4) is 0 Å². The number of nitrogens with one attached hydrogen (secondary N) is 3. The van der Waals surface area contributed by atoms with Gasteiger partial charge < -0.3 is 20.1 Å². The van der Waals surface area contributed by atoms with Gasteiger partial charge in [-0.25, -0.2) is 14.4 Å². The van der Waals surface area contributed by atoms with E-state index in [-0.39, 0.29) is 39.6 Å². The van der Waals surface area contributed by atoms with E-state index in [1.165, 1.54) is 0 Å². The van der Waals surface area contributed by atoms with Crippen LogP contribution in [0.2, 0.25) is 10.3 Å². The molecular weight excluding hydrogens is 510 g/mol. The Labute approximate surface area is 216 Å². The molecule has 0 unspecified atom stereocenters. The third-order valence-electron chi connectivity index (χ3n) is 5.37. The Morgan fingerprint density at radius 1 is 1.17 bits per heavy atom. The Balaban J connectivity index is 1.39. The van der Waals surface area contributed by atoms with Crippen LogP contribution < -0.4 is 25.7 Å². The topological polar surface area (TPSA) is 114 Å². The molecule has 2 aromatic heterocycles. The number of nitrogens with zero attached hydrogens (tertiary/aromatic N) is 3. The summed E-state index contributed by atoms with van der Waals surface area (Å²) < 4.78 is 25.2. The van der Waals surface area contributed by atoms with Crippen molar-refractivity contribution in [3.8, 4) is 11.5 Å². The van der Waals surface area contributed by atoms with E-state index in [0.717, 1.165) is 23.1 Å². The van der Waals surface area contributed by atoms with Crippen molar-refractivity contribution in [1.29, 1.82) is 0 Å². The molecule has 0 saturated carbocycles. The summed E-state index contributed by atoms with van der Waals surface area (Å²) in [6, 6.07) is 8.60. The van der Waals surface area contributed by atoms with Gasteiger partial charge in [-0.3, -0.25) is 14.8 Å². The van der Waals surface area contributed by atoms with E-state index < -0.39 is 11.4 Å². The number of ether oxygens (including phenoxy) is 2. The second kappa shape index (κ2) is 11.5. The van der Waals surface area contributed by atoms with Crippen LogP contribution >= 0.6 is 23.2 Å². The highest BCUT2D eigenvalue weighted by atomic mass is 35.5. The lowest BCUT2D eigenvalue weighted by molar-refractivity contribution is 0.310. The van der Waals surface area contributed by atoms with Gasteiger partial charge in [0.2, 0.25) is 5.28 Å². The number of methoxy groups -OCH3 is 1. The van der Waals surface area contributed by atoms with Crippen LogP contribution in [0.15, 0.2) is 47.5 Å². The third-order valence-corrected chi connectivity index (χ3v) is 5.83. The van der Waals surface area contributed by atoms with E-state index in [9.17, 15) is 9.18 Å². The van der Waals surface area contributed by atoms with E-state index >= 15 is 0 Å². The predicted molar refractivity (Wildman–Crippen MR) is 137 cm³/mol. The number of halogens is 3. The monoisotopic (exact) mass is 532 g/mol. The average Bonchev–Trinajstić information content (AvgIpc) is 2.87. The zero-order chi connectivity index (χ0) is 25.7. The number of aromatic nitrogens is 4. The Morgan fingerprint density at radius 2 is 1.92 bits per heavy atom. The first kappa shape index (κ1) is 25.6. The lowest BCUT2D eigenvalue weighted by Crippen LogP contribution is -2.26. The molecule has 0 aliphatic carbocycles. The van der Waals surface area contributed by atoms with Crippen molar-refractivity contribution in [3.05, 3.63) is 80.5 Å². The van der Waals surface area contributed by atoms with Gasteiger partial charge in [0.1, 0.15) is 29.1 Å². The van der Waals surface area contributed by atoms with Crippen molar-refractivity contribution in [2.24, 2.45) is 0 Å². The van der Waals surface area contributed by atoms with Crippen LogP contribution in [-0.2, 0) is 6.54 Å². The number of anilines is 1. The zero-order valence-electron chi connectivity index (χ0n) is 19.4. The molecule has 2 heterocycles. The van der Waals surface area contributed by atoms with Crippen molar-refractivity contribution in [2.45, 2.75) is 19.5 Å². The Hall–Kier alpha value is -3.47. The third kappa shape index (κ3) is 5.84. The molecule has 0 amide bonds. The molecule has 2 aromatic carbocycles. The molecule has 4 aromatic rings. The maximum atomic E-state index is 14.3. The number of rotatable bonds is 10. The van der Waals surface area contributed by atoms with Gasteiger partial charge in [-0.2, -0.15) is 0 Å². The zero-order valence-corrected chi connectivity index (χ0v) is 21.0. The van der Waals surface area contributed by atoms with Crippen molar-refractivity contribution < 1.29 is 13.9 Å². The molecule has 36 heavy (non-hydrogen) atoms. The number of aromatic amines is 1. The van der Waals surface area contributed by atoms with Gasteiger partial charge in [0.05, 0.1) is 23.9 Å². The van der Waals surface area contributed by atoms with Gasteiger partial charge in [-0.05, 0) is 42.3 Å². The second-order valence-electron chi connectivity index (χ2n) is 7.77. The Kier molecular flexibility index (Phi) is 8.19. The first-order valence-electron chi connectivity index (χ1n) is 11.0. The highest BCUT2D eigenvalue weighted by Crippen LogP contribution is 2.33. The smallest absolute Gasteiger partial charge is 0.263 e. The maximum absolute atomic E-state index is 14.3. The summed E-state index contributed by atoms with van der Waals surface area (Å²) in [5.74, 6) is 0.712. The summed E-state index contributed by atoms with van der Waals surface area (Å²) in [5.41, 5.74) is 0.939. The van der Waals surface area contributed by atoms with Crippen LogP contribution in [-0.4, -0.2) is 40.2 Å². The Bertz CT molecular complexity index is 1420. The van der Waals surface area contributed by atoms with Gasteiger partial charge >= 0.3 is 0 Å². The van der Waals surface area contributed by atoms with E-state index in [4.69, 9.17) is 32.7 Å². The molecular formula is C24H23Cl2FN6O3. The first-order chi connectivity index (χ1) is 17.4. The van der Waals surface area contributed by atoms with E-state index in [1.807, 2.05) is 31.2 Å². The van der Waals surface area contributed by atoms with Crippen LogP contribution in [0.1, 0.15) is 24.2 Å². The highest BCUT2D eigenvalue weighted by Gasteiger charge is 2.18. The molecule has 9 nitrogen and oxygen atoms in total. The van der Waals surface area contributed by atoms with Gasteiger partial charge in [0.15, 0.2) is 11.6 Å².